The first-order valence-corrected chi connectivity index (χ1v) is 5.28. The number of aromatic nitrogens is 2. The van der Waals surface area contributed by atoms with E-state index >= 15 is 0 Å². The van der Waals surface area contributed by atoms with Crippen LogP contribution in [-0.4, -0.2) is 29.0 Å². The van der Waals surface area contributed by atoms with Gasteiger partial charge in [-0.05, 0) is 11.4 Å². The van der Waals surface area contributed by atoms with Gasteiger partial charge in [-0.25, -0.2) is 0 Å². The van der Waals surface area contributed by atoms with Crippen LogP contribution in [0.25, 0.3) is 10.4 Å². The van der Waals surface area contributed by atoms with Crippen molar-refractivity contribution in [3.8, 4) is 0 Å². The van der Waals surface area contributed by atoms with Gasteiger partial charge in [0.15, 0.2) is 0 Å². The largest absolute Gasteiger partial charge is 0.369 e. The second-order valence-corrected chi connectivity index (χ2v) is 3.98. The van der Waals surface area contributed by atoms with E-state index in [1.54, 1.807) is 0 Å². The van der Waals surface area contributed by atoms with Crippen molar-refractivity contribution in [2.45, 2.75) is 6.42 Å². The molecule has 1 aromatic heterocycles. The Morgan fingerprint density at radius 2 is 2.44 bits per heavy atom. The molecular weight excluding hydrogens is 238 g/mol. The number of rotatable bonds is 3. The highest BCUT2D eigenvalue weighted by molar-refractivity contribution is 5.94. The zero-order chi connectivity index (χ0) is 13.1. The number of hydrogen-bond donors (Lipinski definition) is 2. The van der Waals surface area contributed by atoms with Gasteiger partial charge in [0.1, 0.15) is 5.82 Å². The lowest BCUT2D eigenvalue weighted by Gasteiger charge is -2.14. The molecule has 2 heterocycles. The minimum absolute atomic E-state index is 0.0382. The van der Waals surface area contributed by atoms with Crippen molar-refractivity contribution in [3.05, 3.63) is 26.9 Å². The van der Waals surface area contributed by atoms with Gasteiger partial charge in [0.05, 0.1) is 0 Å². The van der Waals surface area contributed by atoms with Crippen LogP contribution in [0.3, 0.4) is 0 Å². The maximum absolute atomic E-state index is 11.8. The van der Waals surface area contributed by atoms with Crippen LogP contribution in [0.5, 0.6) is 0 Å². The van der Waals surface area contributed by atoms with E-state index in [1.165, 1.54) is 11.0 Å². The Balaban J connectivity index is 2.21. The van der Waals surface area contributed by atoms with Gasteiger partial charge >= 0.3 is 0 Å². The summed E-state index contributed by atoms with van der Waals surface area (Å²) in [5.74, 6) is -0.0326. The van der Waals surface area contributed by atoms with Crippen LogP contribution >= 0.6 is 0 Å². The smallest absolute Gasteiger partial charge is 0.254 e. The number of carbonyl (C=O) groups is 1. The third kappa shape index (κ3) is 2.41. The molecule has 0 radical (unpaired) electrons. The molecule has 9 heteroatoms. The molecule has 1 amide bonds. The van der Waals surface area contributed by atoms with Crippen LogP contribution in [0.2, 0.25) is 0 Å². The van der Waals surface area contributed by atoms with Gasteiger partial charge in [0, 0.05) is 30.5 Å². The average Bonchev–Trinajstić information content (AvgIpc) is 2.66. The number of H-pyrrole nitrogens is 1. The van der Waals surface area contributed by atoms with Crippen molar-refractivity contribution in [2.75, 3.05) is 23.7 Å². The summed E-state index contributed by atoms with van der Waals surface area (Å²) in [6.45, 7) is 0.616. The molecule has 1 unspecified atom stereocenters. The first-order valence-electron chi connectivity index (χ1n) is 5.28. The summed E-state index contributed by atoms with van der Waals surface area (Å²) in [4.78, 5) is 33.3. The third-order valence-electron chi connectivity index (χ3n) is 2.63. The number of anilines is 2. The fourth-order valence-electron chi connectivity index (χ4n) is 1.88. The van der Waals surface area contributed by atoms with Crippen LogP contribution in [0.1, 0.15) is 6.42 Å². The first kappa shape index (κ1) is 11.9. The molecule has 1 atom stereocenters. The van der Waals surface area contributed by atoms with E-state index in [-0.39, 0.29) is 36.6 Å². The molecule has 1 saturated heterocycles. The molecule has 1 aliphatic heterocycles. The van der Waals surface area contributed by atoms with Crippen LogP contribution in [0.4, 0.5) is 11.8 Å². The van der Waals surface area contributed by atoms with Gasteiger partial charge in [-0.3, -0.25) is 19.5 Å². The number of nitrogens with one attached hydrogen (secondary N) is 1. The summed E-state index contributed by atoms with van der Waals surface area (Å²) in [5.41, 5.74) is 13.2. The summed E-state index contributed by atoms with van der Waals surface area (Å²) >= 11 is 0. The molecule has 0 aromatic carbocycles. The van der Waals surface area contributed by atoms with Gasteiger partial charge in [0.2, 0.25) is 11.9 Å². The number of carbonyl (C=O) groups excluding carboxylic acids is 1. The minimum Gasteiger partial charge on any atom is -0.369 e. The van der Waals surface area contributed by atoms with Crippen molar-refractivity contribution in [1.82, 2.24) is 9.97 Å². The molecule has 1 aromatic rings. The summed E-state index contributed by atoms with van der Waals surface area (Å²) in [6, 6.07) is 1.21. The van der Waals surface area contributed by atoms with Crippen molar-refractivity contribution in [3.63, 3.8) is 0 Å². The molecule has 1 fully saturated rings. The highest BCUT2D eigenvalue weighted by atomic mass is 16.2. The minimum atomic E-state index is -0.413. The molecule has 1 aliphatic rings. The Morgan fingerprint density at radius 3 is 3.11 bits per heavy atom. The molecule has 0 bridgehead atoms. The maximum Gasteiger partial charge on any atom is 0.254 e. The van der Waals surface area contributed by atoms with Gasteiger partial charge in [-0.2, -0.15) is 4.98 Å². The molecule has 18 heavy (non-hydrogen) atoms. The number of amides is 1. The highest BCUT2D eigenvalue weighted by Gasteiger charge is 2.31. The van der Waals surface area contributed by atoms with Crippen molar-refractivity contribution < 1.29 is 4.79 Å². The monoisotopic (exact) mass is 249 g/mol. The second kappa shape index (κ2) is 4.76. The van der Waals surface area contributed by atoms with Crippen LogP contribution < -0.4 is 16.2 Å². The van der Waals surface area contributed by atoms with E-state index in [0.29, 0.717) is 6.54 Å². The third-order valence-corrected chi connectivity index (χ3v) is 2.63. The van der Waals surface area contributed by atoms with Crippen molar-refractivity contribution >= 4 is 17.7 Å². The van der Waals surface area contributed by atoms with E-state index < -0.39 is 5.56 Å². The lowest BCUT2D eigenvalue weighted by Crippen LogP contribution is -2.28. The molecule has 0 aliphatic carbocycles. The standard InChI is InChI=1S/C9H11N7O2/c10-9-13-6(2-7(17)14-9)16-4-5(1-8(16)18)3-12-15-11/h2,5H,1,3-4H2,(H3,10,13,14,17). The number of azide groups is 1. The predicted molar refractivity (Wildman–Crippen MR) is 63.7 cm³/mol. The normalized spacial score (nSPS) is 18.8. The Morgan fingerprint density at radius 1 is 1.67 bits per heavy atom. The van der Waals surface area contributed by atoms with E-state index in [2.05, 4.69) is 20.0 Å². The Hall–Kier alpha value is -2.54. The molecule has 3 N–H and O–H groups in total. The summed E-state index contributed by atoms with van der Waals surface area (Å²) in [6.07, 6.45) is 0.271. The number of nitrogen functional groups attached to an aromatic ring is 1. The summed E-state index contributed by atoms with van der Waals surface area (Å²) < 4.78 is 0. The van der Waals surface area contributed by atoms with E-state index in [0.717, 1.165) is 0 Å². The topological polar surface area (TPSA) is 141 Å². The lowest BCUT2D eigenvalue weighted by molar-refractivity contribution is -0.117. The predicted octanol–water partition coefficient (Wildman–Crippen LogP) is 0.0153. The summed E-state index contributed by atoms with van der Waals surface area (Å²) in [5, 5.41) is 3.44. The van der Waals surface area contributed by atoms with Crippen LogP contribution in [0, 0.1) is 5.92 Å². The maximum atomic E-state index is 11.8. The van der Waals surface area contributed by atoms with E-state index in [9.17, 15) is 9.59 Å². The number of nitrogens with two attached hydrogens (primary N) is 1. The fourth-order valence-corrected chi connectivity index (χ4v) is 1.88. The van der Waals surface area contributed by atoms with Crippen molar-refractivity contribution in [2.24, 2.45) is 11.0 Å². The quantitative estimate of drug-likeness (QED) is 0.442. The number of hydrogen-bond acceptors (Lipinski definition) is 5. The molecule has 9 nitrogen and oxygen atoms in total. The zero-order valence-corrected chi connectivity index (χ0v) is 9.41. The molecule has 2 rings (SSSR count). The number of nitrogens with zero attached hydrogens (tertiary/aromatic N) is 5. The molecule has 0 saturated carbocycles. The van der Waals surface area contributed by atoms with Gasteiger partial charge < -0.3 is 5.73 Å². The fraction of sp³-hybridized carbons (Fsp3) is 0.444. The van der Waals surface area contributed by atoms with E-state index in [1.807, 2.05) is 0 Å². The first-order chi connectivity index (χ1) is 8.60. The van der Waals surface area contributed by atoms with Crippen LogP contribution in [-0.2, 0) is 4.79 Å². The SMILES string of the molecule is [N-]=[N+]=NCC1CC(=O)N(c2cc(=O)[nH]c(N)n2)C1. The molecule has 0 spiro atoms. The molecular formula is C9H11N7O2. The van der Waals surface area contributed by atoms with Crippen LogP contribution in [0.15, 0.2) is 16.0 Å². The number of aromatic amines is 1. The van der Waals surface area contributed by atoms with E-state index in [4.69, 9.17) is 11.3 Å². The molecule has 94 valence electrons. The average molecular weight is 249 g/mol. The van der Waals surface area contributed by atoms with Gasteiger partial charge in [-0.1, -0.05) is 5.11 Å². The lowest BCUT2D eigenvalue weighted by atomic mass is 10.1. The zero-order valence-electron chi connectivity index (χ0n) is 9.41. The Kier molecular flexibility index (Phi) is 3.16. The summed E-state index contributed by atoms with van der Waals surface area (Å²) in [7, 11) is 0. The Labute approximate surface area is 101 Å². The van der Waals surface area contributed by atoms with Gasteiger partial charge in [0.25, 0.3) is 5.56 Å². The van der Waals surface area contributed by atoms with Gasteiger partial charge in [-0.15, -0.1) is 0 Å². The second-order valence-electron chi connectivity index (χ2n) is 3.98. The van der Waals surface area contributed by atoms with Crippen molar-refractivity contribution in [1.29, 1.82) is 0 Å². The highest BCUT2D eigenvalue weighted by Crippen LogP contribution is 2.23. The Bertz CT molecular complexity index is 575.